The van der Waals surface area contributed by atoms with E-state index in [1.165, 1.54) is 0 Å². The van der Waals surface area contributed by atoms with Crippen molar-refractivity contribution < 1.29 is 14.3 Å². The monoisotopic (exact) mass is 386 g/mol. The summed E-state index contributed by atoms with van der Waals surface area (Å²) in [6.07, 6.45) is 2.29. The van der Waals surface area contributed by atoms with Gasteiger partial charge in [-0.1, -0.05) is 37.3 Å². The maximum Gasteiger partial charge on any atom is 0.241 e. The molecule has 146 valence electrons. The van der Waals surface area contributed by atoms with Crippen LogP contribution < -0.4 is 9.64 Å². The third-order valence-electron chi connectivity index (χ3n) is 6.26. The third kappa shape index (κ3) is 2.84. The molecule has 2 aromatic rings. The van der Waals surface area contributed by atoms with Crippen LogP contribution >= 0.6 is 0 Å². The number of benzene rings is 2. The molecule has 0 aromatic heterocycles. The van der Waals surface area contributed by atoms with Crippen molar-refractivity contribution in [3.8, 4) is 11.8 Å². The highest BCUT2D eigenvalue weighted by Gasteiger charge is 2.56. The number of ether oxygens (including phenoxy) is 1. The summed E-state index contributed by atoms with van der Waals surface area (Å²) in [4.78, 5) is 28.4. The van der Waals surface area contributed by atoms with E-state index in [2.05, 4.69) is 0 Å². The number of hydrogen-bond donors (Lipinski definition) is 0. The number of carbonyl (C=O) groups is 2. The molecule has 5 heteroatoms. The largest absolute Gasteiger partial charge is 0.497 e. The lowest BCUT2D eigenvalue weighted by Crippen LogP contribution is -2.59. The van der Waals surface area contributed by atoms with Crippen LogP contribution in [0.3, 0.4) is 0 Å². The van der Waals surface area contributed by atoms with E-state index in [9.17, 15) is 14.9 Å². The van der Waals surface area contributed by atoms with Crippen molar-refractivity contribution in [3.05, 3.63) is 71.8 Å². The van der Waals surface area contributed by atoms with Crippen molar-refractivity contribution in [2.24, 2.45) is 11.8 Å². The van der Waals surface area contributed by atoms with Gasteiger partial charge in [0.25, 0.3) is 0 Å². The summed E-state index contributed by atoms with van der Waals surface area (Å²) in [6, 6.07) is 18.9. The van der Waals surface area contributed by atoms with Crippen molar-refractivity contribution in [1.29, 1.82) is 5.26 Å². The second-order valence-electron chi connectivity index (χ2n) is 7.61. The lowest BCUT2D eigenvalue weighted by atomic mass is 9.57. The highest BCUT2D eigenvalue weighted by Crippen LogP contribution is 2.49. The number of amides is 1. The van der Waals surface area contributed by atoms with E-state index in [0.717, 1.165) is 17.0 Å². The molecule has 29 heavy (non-hydrogen) atoms. The molecule has 2 aromatic carbocycles. The van der Waals surface area contributed by atoms with Crippen LogP contribution in [0.5, 0.6) is 5.75 Å². The molecule has 0 spiro atoms. The standard InChI is InChI=1S/C24H22N2O3/c1-16-21-12-13-26(19-8-10-20(29-2)11-9-19)23(28)24(21,14-17(15-25)22(16)27)18-6-4-3-5-7-18/h3-11,14,16,21H,12-13H2,1-2H3/t16-,21-,24+/m0/s1. The summed E-state index contributed by atoms with van der Waals surface area (Å²) in [5, 5.41) is 9.58. The molecule has 0 saturated carbocycles. The van der Waals surface area contributed by atoms with Gasteiger partial charge in [-0.15, -0.1) is 0 Å². The lowest BCUT2D eigenvalue weighted by Gasteiger charge is -2.49. The number of carbonyl (C=O) groups excluding carboxylic acids is 2. The van der Waals surface area contributed by atoms with Crippen molar-refractivity contribution in [3.63, 3.8) is 0 Å². The Labute approximate surface area is 170 Å². The fourth-order valence-corrected chi connectivity index (χ4v) is 4.75. The van der Waals surface area contributed by atoms with E-state index in [0.29, 0.717) is 13.0 Å². The number of allylic oxidation sites excluding steroid dienone is 1. The first-order valence-corrected chi connectivity index (χ1v) is 9.71. The summed E-state index contributed by atoms with van der Waals surface area (Å²) in [7, 11) is 1.60. The van der Waals surface area contributed by atoms with E-state index < -0.39 is 11.3 Å². The molecule has 0 N–H and O–H groups in total. The molecule has 2 aliphatic rings. The molecule has 3 atom stereocenters. The highest BCUT2D eigenvalue weighted by molar-refractivity contribution is 6.10. The smallest absolute Gasteiger partial charge is 0.241 e. The predicted molar refractivity (Wildman–Crippen MR) is 109 cm³/mol. The Morgan fingerprint density at radius 1 is 1.10 bits per heavy atom. The van der Waals surface area contributed by atoms with Gasteiger partial charge >= 0.3 is 0 Å². The van der Waals surface area contributed by atoms with Crippen LogP contribution in [0.1, 0.15) is 18.9 Å². The van der Waals surface area contributed by atoms with Gasteiger partial charge in [0.2, 0.25) is 5.91 Å². The molecule has 0 unspecified atom stereocenters. The quantitative estimate of drug-likeness (QED) is 0.807. The van der Waals surface area contributed by atoms with E-state index in [1.807, 2.05) is 67.6 Å². The second kappa shape index (κ2) is 7.21. The number of fused-ring (bicyclic) bond motifs is 1. The summed E-state index contributed by atoms with van der Waals surface area (Å²) in [6.45, 7) is 2.36. The van der Waals surface area contributed by atoms with Gasteiger partial charge in [-0.25, -0.2) is 0 Å². The minimum Gasteiger partial charge on any atom is -0.497 e. The zero-order chi connectivity index (χ0) is 20.6. The lowest BCUT2D eigenvalue weighted by molar-refractivity contribution is -0.130. The molecule has 1 heterocycles. The van der Waals surface area contributed by atoms with Gasteiger partial charge in [-0.2, -0.15) is 5.26 Å². The topological polar surface area (TPSA) is 70.4 Å². The van der Waals surface area contributed by atoms with Gasteiger partial charge in [0.1, 0.15) is 11.8 Å². The Hall–Kier alpha value is -3.39. The van der Waals surface area contributed by atoms with Gasteiger partial charge in [0.15, 0.2) is 5.78 Å². The molecule has 0 bridgehead atoms. The van der Waals surface area contributed by atoms with Crippen LogP contribution in [-0.4, -0.2) is 25.3 Å². The molecule has 4 rings (SSSR count). The number of rotatable bonds is 3. The van der Waals surface area contributed by atoms with Gasteiger partial charge in [0.05, 0.1) is 18.1 Å². The predicted octanol–water partition coefficient (Wildman–Crippen LogP) is 3.65. The Bertz CT molecular complexity index is 1020. The number of nitrogens with zero attached hydrogens (tertiary/aromatic N) is 2. The Morgan fingerprint density at radius 3 is 2.41 bits per heavy atom. The fraction of sp³-hybridized carbons (Fsp3) is 0.292. The second-order valence-corrected chi connectivity index (χ2v) is 7.61. The average Bonchev–Trinajstić information content (AvgIpc) is 2.77. The zero-order valence-corrected chi connectivity index (χ0v) is 16.5. The third-order valence-corrected chi connectivity index (χ3v) is 6.26. The highest BCUT2D eigenvalue weighted by atomic mass is 16.5. The Kier molecular flexibility index (Phi) is 4.71. The molecular formula is C24H22N2O3. The van der Waals surface area contributed by atoms with Crippen molar-refractivity contribution in [2.75, 3.05) is 18.6 Å². The summed E-state index contributed by atoms with van der Waals surface area (Å²) in [5.41, 5.74) is 0.640. The maximum atomic E-state index is 14.0. The number of Topliss-reactive ketones (excluding diaryl/α,β-unsaturated/α-hetero) is 1. The molecule has 1 aliphatic heterocycles. The molecule has 1 fully saturated rings. The number of piperidine rings is 1. The van der Waals surface area contributed by atoms with Gasteiger partial charge in [-0.05, 0) is 48.2 Å². The van der Waals surface area contributed by atoms with Crippen LogP contribution in [0.2, 0.25) is 0 Å². The van der Waals surface area contributed by atoms with E-state index in [4.69, 9.17) is 4.74 Å². The van der Waals surface area contributed by atoms with Crippen LogP contribution in [0.25, 0.3) is 0 Å². The number of anilines is 1. The molecule has 1 amide bonds. The number of ketones is 1. The van der Waals surface area contributed by atoms with Gasteiger partial charge in [-0.3, -0.25) is 9.59 Å². The minimum absolute atomic E-state index is 0.0718. The molecular weight excluding hydrogens is 364 g/mol. The zero-order valence-electron chi connectivity index (χ0n) is 16.5. The van der Waals surface area contributed by atoms with Crippen LogP contribution in [0.15, 0.2) is 66.2 Å². The van der Waals surface area contributed by atoms with Gasteiger partial charge in [0, 0.05) is 18.2 Å². The van der Waals surface area contributed by atoms with E-state index in [-0.39, 0.29) is 23.2 Å². The molecule has 1 saturated heterocycles. The summed E-state index contributed by atoms with van der Waals surface area (Å²) < 4.78 is 5.23. The first kappa shape index (κ1) is 18.9. The fourth-order valence-electron chi connectivity index (χ4n) is 4.75. The first-order valence-electron chi connectivity index (χ1n) is 9.71. The normalized spacial score (nSPS) is 26.4. The van der Waals surface area contributed by atoms with Crippen LogP contribution in [0, 0.1) is 23.2 Å². The molecule has 5 nitrogen and oxygen atoms in total. The molecule has 0 radical (unpaired) electrons. The summed E-state index contributed by atoms with van der Waals surface area (Å²) in [5.74, 6) is -0.127. The van der Waals surface area contributed by atoms with Crippen LogP contribution in [-0.2, 0) is 15.0 Å². The SMILES string of the molecule is COc1ccc(N2CC[C@H]3[C@H](C)C(=O)C(C#N)=C[C@]3(c3ccccc3)C2=O)cc1. The summed E-state index contributed by atoms with van der Waals surface area (Å²) >= 11 is 0. The van der Waals surface area contributed by atoms with Crippen molar-refractivity contribution >= 4 is 17.4 Å². The minimum atomic E-state index is -1.03. The van der Waals surface area contributed by atoms with E-state index >= 15 is 0 Å². The van der Waals surface area contributed by atoms with E-state index in [1.54, 1.807) is 18.1 Å². The Balaban J connectivity index is 1.89. The number of methoxy groups -OCH3 is 1. The van der Waals surface area contributed by atoms with Gasteiger partial charge < -0.3 is 9.64 Å². The van der Waals surface area contributed by atoms with Crippen LogP contribution in [0.4, 0.5) is 5.69 Å². The van der Waals surface area contributed by atoms with Crippen molar-refractivity contribution in [2.45, 2.75) is 18.8 Å². The van der Waals surface area contributed by atoms with Crippen molar-refractivity contribution in [1.82, 2.24) is 0 Å². The maximum absolute atomic E-state index is 14.0. The first-order chi connectivity index (χ1) is 14.0. The Morgan fingerprint density at radius 2 is 1.79 bits per heavy atom. The number of hydrogen-bond acceptors (Lipinski definition) is 4. The number of nitriles is 1. The molecule has 1 aliphatic carbocycles. The average molecular weight is 386 g/mol.